The van der Waals surface area contributed by atoms with Gasteiger partial charge in [0.15, 0.2) is 0 Å². The fraction of sp³-hybridized carbons (Fsp3) is 0.391. The number of hydrogen-bond donors (Lipinski definition) is 0. The monoisotopic (exact) mass is 421 g/mol. The third-order valence-corrected chi connectivity index (χ3v) is 6.24. The molecule has 2 fully saturated rings. The molecule has 160 valence electrons. The van der Waals surface area contributed by atoms with E-state index in [9.17, 15) is 9.18 Å². The molecule has 0 amide bonds. The van der Waals surface area contributed by atoms with Gasteiger partial charge in [0.2, 0.25) is 5.95 Å². The van der Waals surface area contributed by atoms with E-state index in [0.717, 1.165) is 41.6 Å². The lowest BCUT2D eigenvalue weighted by Crippen LogP contribution is -2.44. The van der Waals surface area contributed by atoms with Gasteiger partial charge in [0.1, 0.15) is 18.1 Å². The second-order valence-electron chi connectivity index (χ2n) is 8.16. The Morgan fingerprint density at radius 2 is 2.06 bits per heavy atom. The Hall–Kier alpha value is -3.13. The van der Waals surface area contributed by atoms with Crippen LogP contribution in [0.2, 0.25) is 0 Å². The van der Waals surface area contributed by atoms with Crippen molar-refractivity contribution in [2.45, 2.75) is 37.8 Å². The van der Waals surface area contributed by atoms with Crippen molar-refractivity contribution in [3.05, 3.63) is 48.3 Å². The van der Waals surface area contributed by atoms with E-state index in [0.29, 0.717) is 43.1 Å². The van der Waals surface area contributed by atoms with Crippen LogP contribution >= 0.6 is 0 Å². The first-order valence-corrected chi connectivity index (χ1v) is 10.6. The number of nitrogens with zero attached hydrogens (tertiary/aromatic N) is 5. The number of aliphatic imine (C=N–C) groups is 1. The number of aromatic nitrogens is 3. The highest BCUT2D eigenvalue weighted by Crippen LogP contribution is 2.34. The number of carbonyl (C=O) groups excluding carboxylic acids is 1. The molecule has 0 aliphatic carbocycles. The molecule has 0 spiro atoms. The van der Waals surface area contributed by atoms with Crippen LogP contribution in [0, 0.1) is 5.95 Å². The Kier molecular flexibility index (Phi) is 5.23. The number of ketones is 1. The predicted octanol–water partition coefficient (Wildman–Crippen LogP) is 3.16. The summed E-state index contributed by atoms with van der Waals surface area (Å²) in [5.41, 5.74) is 3.35. The fourth-order valence-electron chi connectivity index (χ4n) is 4.88. The Morgan fingerprint density at radius 1 is 1.26 bits per heavy atom. The molecule has 5 heterocycles. The summed E-state index contributed by atoms with van der Waals surface area (Å²) in [6, 6.07) is 5.70. The molecule has 3 aromatic rings. The smallest absolute Gasteiger partial charge is 0.212 e. The highest BCUT2D eigenvalue weighted by Gasteiger charge is 2.39. The number of ether oxygens (including phenoxy) is 1. The Morgan fingerprint density at radius 3 is 2.77 bits per heavy atom. The van der Waals surface area contributed by atoms with Crippen molar-refractivity contribution < 1.29 is 13.9 Å². The topological polar surface area (TPSA) is 72.1 Å². The predicted molar refractivity (Wildman–Crippen MR) is 115 cm³/mol. The molecule has 2 aliphatic rings. The molecule has 0 saturated carbocycles. The molecule has 2 bridgehead atoms. The first kappa shape index (κ1) is 19.8. The third-order valence-electron chi connectivity index (χ3n) is 6.24. The first-order chi connectivity index (χ1) is 15.1. The quantitative estimate of drug-likeness (QED) is 0.452. The van der Waals surface area contributed by atoms with E-state index in [4.69, 9.17) is 4.74 Å². The maximum absolute atomic E-state index is 13.4. The molecular formula is C23H24FN5O2. The highest BCUT2D eigenvalue weighted by atomic mass is 19.1. The van der Waals surface area contributed by atoms with Gasteiger partial charge in [0, 0.05) is 67.6 Å². The number of piperidine rings is 1. The minimum absolute atomic E-state index is 0.361. The van der Waals surface area contributed by atoms with Crippen LogP contribution in [0.25, 0.3) is 16.6 Å². The van der Waals surface area contributed by atoms with Gasteiger partial charge >= 0.3 is 0 Å². The summed E-state index contributed by atoms with van der Waals surface area (Å²) in [4.78, 5) is 22.2. The minimum Gasteiger partial charge on any atom is -0.491 e. The molecule has 0 aromatic carbocycles. The summed E-state index contributed by atoms with van der Waals surface area (Å²) in [5, 5.41) is 4.45. The Bertz CT molecular complexity index is 1120. The van der Waals surface area contributed by atoms with Crippen LogP contribution in [-0.2, 0) is 4.79 Å². The number of Topliss-reactive ketones (excluding diaryl/α,β-unsaturated/α-hetero) is 1. The van der Waals surface area contributed by atoms with Gasteiger partial charge in [-0.1, -0.05) is 0 Å². The van der Waals surface area contributed by atoms with E-state index < -0.39 is 5.95 Å². The van der Waals surface area contributed by atoms with Crippen LogP contribution in [0.3, 0.4) is 0 Å². The molecule has 7 nitrogen and oxygen atoms in total. The van der Waals surface area contributed by atoms with E-state index >= 15 is 0 Å². The van der Waals surface area contributed by atoms with Crippen molar-refractivity contribution >= 4 is 17.5 Å². The van der Waals surface area contributed by atoms with Crippen LogP contribution in [0.4, 0.5) is 4.39 Å². The average molecular weight is 421 g/mol. The number of carbonyl (C=O) groups is 1. The van der Waals surface area contributed by atoms with E-state index in [1.54, 1.807) is 30.0 Å². The second kappa shape index (κ2) is 8.19. The molecular weight excluding hydrogens is 397 g/mol. The van der Waals surface area contributed by atoms with Crippen LogP contribution in [0.15, 0.2) is 41.8 Å². The molecule has 2 atom stereocenters. The second-order valence-corrected chi connectivity index (χ2v) is 8.16. The summed E-state index contributed by atoms with van der Waals surface area (Å²) in [6.45, 7) is 1.32. The Labute approximate surface area is 179 Å². The zero-order chi connectivity index (χ0) is 21.4. The zero-order valence-electron chi connectivity index (χ0n) is 17.4. The van der Waals surface area contributed by atoms with Gasteiger partial charge in [-0.2, -0.15) is 9.49 Å². The maximum Gasteiger partial charge on any atom is 0.212 e. The van der Waals surface area contributed by atoms with Crippen LogP contribution < -0.4 is 4.74 Å². The summed E-state index contributed by atoms with van der Waals surface area (Å²) in [6.07, 6.45) is 10.4. The normalized spacial score (nSPS) is 21.4. The van der Waals surface area contributed by atoms with Gasteiger partial charge in [-0.05, 0) is 31.0 Å². The molecule has 2 aliphatic heterocycles. The van der Waals surface area contributed by atoms with Crippen molar-refractivity contribution in [1.29, 1.82) is 0 Å². The number of halogens is 1. The SMILES string of the molecule is C/N=C/c1cnn2cc(OCCN3C4CCC3CC(=O)C4)cc(-c3ccc(F)nc3)c12. The van der Waals surface area contributed by atoms with Gasteiger partial charge in [-0.15, -0.1) is 0 Å². The zero-order valence-corrected chi connectivity index (χ0v) is 17.4. The van der Waals surface area contributed by atoms with Gasteiger partial charge in [-0.3, -0.25) is 14.7 Å². The van der Waals surface area contributed by atoms with Crippen molar-refractivity contribution in [2.75, 3.05) is 20.2 Å². The van der Waals surface area contributed by atoms with Gasteiger partial charge in [0.05, 0.1) is 17.9 Å². The van der Waals surface area contributed by atoms with Gasteiger partial charge in [0.25, 0.3) is 0 Å². The van der Waals surface area contributed by atoms with Crippen molar-refractivity contribution in [3.8, 4) is 16.9 Å². The van der Waals surface area contributed by atoms with Crippen molar-refractivity contribution in [3.63, 3.8) is 0 Å². The molecule has 0 N–H and O–H groups in total. The van der Waals surface area contributed by atoms with Crippen molar-refractivity contribution in [2.24, 2.45) is 4.99 Å². The molecule has 0 radical (unpaired) electrons. The lowest BCUT2D eigenvalue weighted by atomic mass is 10.0. The molecule has 5 rings (SSSR count). The van der Waals surface area contributed by atoms with Crippen LogP contribution in [-0.4, -0.2) is 63.8 Å². The van der Waals surface area contributed by atoms with E-state index in [1.807, 2.05) is 12.3 Å². The minimum atomic E-state index is -0.523. The highest BCUT2D eigenvalue weighted by molar-refractivity contribution is 5.96. The molecule has 3 aromatic heterocycles. The fourth-order valence-corrected chi connectivity index (χ4v) is 4.88. The first-order valence-electron chi connectivity index (χ1n) is 10.6. The molecule has 8 heteroatoms. The van der Waals surface area contributed by atoms with E-state index in [1.165, 1.54) is 12.3 Å². The largest absolute Gasteiger partial charge is 0.491 e. The summed E-state index contributed by atoms with van der Waals surface area (Å²) in [7, 11) is 1.71. The third kappa shape index (κ3) is 3.83. The van der Waals surface area contributed by atoms with Crippen LogP contribution in [0.1, 0.15) is 31.2 Å². The number of hydrogen-bond acceptors (Lipinski definition) is 6. The lowest BCUT2D eigenvalue weighted by molar-refractivity contribution is -0.123. The summed E-state index contributed by atoms with van der Waals surface area (Å²) >= 11 is 0. The maximum atomic E-state index is 13.4. The van der Waals surface area contributed by atoms with Crippen molar-refractivity contribution in [1.82, 2.24) is 19.5 Å². The number of fused-ring (bicyclic) bond motifs is 3. The van der Waals surface area contributed by atoms with E-state index in [2.05, 4.69) is 20.0 Å². The molecule has 31 heavy (non-hydrogen) atoms. The van der Waals surface area contributed by atoms with Gasteiger partial charge in [-0.25, -0.2) is 9.50 Å². The summed E-state index contributed by atoms with van der Waals surface area (Å²) < 4.78 is 21.2. The molecule has 2 unspecified atom stereocenters. The molecule has 2 saturated heterocycles. The number of pyridine rings is 2. The Balaban J connectivity index is 1.40. The van der Waals surface area contributed by atoms with Gasteiger partial charge < -0.3 is 4.74 Å². The van der Waals surface area contributed by atoms with Crippen LogP contribution in [0.5, 0.6) is 5.75 Å². The van der Waals surface area contributed by atoms with E-state index in [-0.39, 0.29) is 0 Å². The summed E-state index contributed by atoms with van der Waals surface area (Å²) in [5.74, 6) is 0.541. The number of rotatable bonds is 6. The standard InChI is InChI=1S/C23H24FN5O2/c1-25-11-16-13-27-29-14-20(10-21(23(16)29)15-2-5-22(24)26-12-15)31-7-6-28-17-3-4-18(28)9-19(30)8-17/h2,5,10-14,17-18H,3-4,6-9H2,1H3/b25-11+. The lowest BCUT2D eigenvalue weighted by Gasteiger charge is -2.33. The average Bonchev–Trinajstić information content (AvgIpc) is 3.26.